The van der Waals surface area contributed by atoms with Gasteiger partial charge in [0.05, 0.1) is 11.0 Å². The second-order valence-corrected chi connectivity index (χ2v) is 8.08. The third-order valence-electron chi connectivity index (χ3n) is 5.07. The van der Waals surface area contributed by atoms with E-state index in [0.717, 1.165) is 17.6 Å². The van der Waals surface area contributed by atoms with Crippen LogP contribution in [0.3, 0.4) is 0 Å². The van der Waals surface area contributed by atoms with Crippen LogP contribution in [-0.4, -0.2) is 28.1 Å². The van der Waals surface area contributed by atoms with E-state index >= 15 is 0 Å². The van der Waals surface area contributed by atoms with Crippen molar-refractivity contribution in [3.63, 3.8) is 0 Å². The topological polar surface area (TPSA) is 47.4 Å². The molecule has 0 saturated carbocycles. The van der Waals surface area contributed by atoms with Crippen molar-refractivity contribution >= 4 is 22.9 Å². The molecule has 2 heterocycles. The van der Waals surface area contributed by atoms with Crippen LogP contribution in [0.25, 0.3) is 11.0 Å². The van der Waals surface area contributed by atoms with Crippen LogP contribution < -0.4 is 9.64 Å². The minimum Gasteiger partial charge on any atom is -0.481 e. The largest absolute Gasteiger partial charge is 0.481 e. The Kier molecular flexibility index (Phi) is 4.17. The number of ether oxygens (including phenoxy) is 1. The fourth-order valence-corrected chi connectivity index (χ4v) is 3.51. The summed E-state index contributed by atoms with van der Waals surface area (Å²) in [6.45, 7) is 9.71. The summed E-state index contributed by atoms with van der Waals surface area (Å²) in [7, 11) is 0. The molecule has 0 aliphatic carbocycles. The zero-order chi connectivity index (χ0) is 19.2. The highest BCUT2D eigenvalue weighted by atomic mass is 16.5. The summed E-state index contributed by atoms with van der Waals surface area (Å²) >= 11 is 0. The molecule has 0 N–H and O–H groups in total. The summed E-state index contributed by atoms with van der Waals surface area (Å²) in [4.78, 5) is 19.3. The van der Waals surface area contributed by atoms with E-state index in [1.807, 2.05) is 36.4 Å². The van der Waals surface area contributed by atoms with Crippen molar-refractivity contribution < 1.29 is 9.53 Å². The first kappa shape index (κ1) is 17.6. The second-order valence-electron chi connectivity index (χ2n) is 8.08. The number of aromatic nitrogens is 2. The number of hydrogen-bond donors (Lipinski definition) is 0. The van der Waals surface area contributed by atoms with E-state index in [2.05, 4.69) is 42.5 Å². The fraction of sp³-hybridized carbons (Fsp3) is 0.364. The number of hydrogen-bond acceptors (Lipinski definition) is 3. The lowest BCUT2D eigenvalue weighted by molar-refractivity contribution is -0.124. The van der Waals surface area contributed by atoms with Gasteiger partial charge in [0.15, 0.2) is 6.10 Å². The molecule has 3 aromatic rings. The fourth-order valence-electron chi connectivity index (χ4n) is 3.51. The smallest absolute Gasteiger partial charge is 0.270 e. The molecule has 0 fully saturated rings. The van der Waals surface area contributed by atoms with Crippen molar-refractivity contribution in [2.24, 2.45) is 0 Å². The van der Waals surface area contributed by atoms with Gasteiger partial charge in [-0.1, -0.05) is 45.0 Å². The summed E-state index contributed by atoms with van der Waals surface area (Å²) in [6, 6.07) is 16.0. The van der Waals surface area contributed by atoms with E-state index in [1.165, 1.54) is 5.56 Å². The zero-order valence-corrected chi connectivity index (χ0v) is 16.3. The molecule has 27 heavy (non-hydrogen) atoms. The molecular weight excluding hydrogens is 338 g/mol. The molecule has 140 valence electrons. The van der Waals surface area contributed by atoms with Crippen molar-refractivity contribution in [2.45, 2.75) is 45.8 Å². The van der Waals surface area contributed by atoms with E-state index < -0.39 is 6.10 Å². The van der Waals surface area contributed by atoms with Crippen molar-refractivity contribution in [1.29, 1.82) is 0 Å². The van der Waals surface area contributed by atoms with Crippen LogP contribution in [0.15, 0.2) is 48.5 Å². The maximum atomic E-state index is 13.0. The van der Waals surface area contributed by atoms with Crippen LogP contribution in [0.2, 0.25) is 0 Å². The monoisotopic (exact) mass is 363 g/mol. The van der Waals surface area contributed by atoms with Crippen molar-refractivity contribution in [3.8, 4) is 5.75 Å². The lowest BCUT2D eigenvalue weighted by atomic mass is 9.87. The van der Waals surface area contributed by atoms with Gasteiger partial charge in [0.1, 0.15) is 5.75 Å². The van der Waals surface area contributed by atoms with E-state index in [0.29, 0.717) is 18.2 Å². The number of amides is 1. The minimum absolute atomic E-state index is 0.0658. The minimum atomic E-state index is -0.572. The molecule has 1 aliphatic rings. The van der Waals surface area contributed by atoms with Crippen molar-refractivity contribution in [1.82, 2.24) is 9.55 Å². The molecule has 0 spiro atoms. The average molecular weight is 363 g/mol. The first-order valence-corrected chi connectivity index (χ1v) is 9.38. The van der Waals surface area contributed by atoms with Gasteiger partial charge in [-0.25, -0.2) is 4.98 Å². The Morgan fingerprint density at radius 2 is 1.78 bits per heavy atom. The normalized spacial score (nSPS) is 15.0. The number of fused-ring (bicyclic) bond motifs is 3. The van der Waals surface area contributed by atoms with Gasteiger partial charge >= 0.3 is 0 Å². The standard InChI is InChI=1S/C22H25N3O2/c1-15(27-17-11-9-16(10-12-17)22(2,3)4)20(26)25-14-13-24-19-8-6-5-7-18(19)23-21(24)25/h5-12,15H,13-14H2,1-4H3. The Hall–Kier alpha value is -2.82. The molecule has 1 aliphatic heterocycles. The maximum Gasteiger partial charge on any atom is 0.270 e. The van der Waals surface area contributed by atoms with Gasteiger partial charge in [-0.05, 0) is 42.2 Å². The molecule has 0 saturated heterocycles. The second kappa shape index (κ2) is 6.41. The number of rotatable bonds is 3. The third-order valence-corrected chi connectivity index (χ3v) is 5.07. The quantitative estimate of drug-likeness (QED) is 0.702. The number of nitrogens with zero attached hydrogens (tertiary/aromatic N) is 3. The number of benzene rings is 2. The van der Waals surface area contributed by atoms with Crippen LogP contribution in [-0.2, 0) is 16.8 Å². The average Bonchev–Trinajstić information content (AvgIpc) is 3.20. The molecule has 1 amide bonds. The van der Waals surface area contributed by atoms with E-state index in [1.54, 1.807) is 11.8 Å². The van der Waals surface area contributed by atoms with Gasteiger partial charge in [-0.2, -0.15) is 0 Å². The van der Waals surface area contributed by atoms with Gasteiger partial charge in [0, 0.05) is 13.1 Å². The van der Waals surface area contributed by atoms with Gasteiger partial charge in [0.2, 0.25) is 5.95 Å². The molecule has 5 nitrogen and oxygen atoms in total. The Morgan fingerprint density at radius 3 is 2.48 bits per heavy atom. The molecule has 1 atom stereocenters. The maximum absolute atomic E-state index is 13.0. The number of carbonyl (C=O) groups is 1. The highest BCUT2D eigenvalue weighted by Gasteiger charge is 2.32. The van der Waals surface area contributed by atoms with Crippen LogP contribution in [0.1, 0.15) is 33.3 Å². The molecule has 2 aromatic carbocycles. The lowest BCUT2D eigenvalue weighted by Gasteiger charge is -2.22. The van der Waals surface area contributed by atoms with Crippen LogP contribution >= 0.6 is 0 Å². The molecule has 0 bridgehead atoms. The third kappa shape index (κ3) is 3.18. The summed E-state index contributed by atoms with van der Waals surface area (Å²) in [5.41, 5.74) is 3.31. The highest BCUT2D eigenvalue weighted by molar-refractivity contribution is 5.97. The SMILES string of the molecule is CC(Oc1ccc(C(C)(C)C)cc1)C(=O)N1CCn2c1nc1ccccc12. The number of imidazole rings is 1. The Balaban J connectivity index is 1.51. The summed E-state index contributed by atoms with van der Waals surface area (Å²) in [5, 5.41) is 0. The van der Waals surface area contributed by atoms with Gasteiger partial charge < -0.3 is 9.30 Å². The van der Waals surface area contributed by atoms with E-state index in [-0.39, 0.29) is 11.3 Å². The van der Waals surface area contributed by atoms with Crippen LogP contribution in [0, 0.1) is 0 Å². The van der Waals surface area contributed by atoms with Crippen LogP contribution in [0.5, 0.6) is 5.75 Å². The molecule has 1 unspecified atom stereocenters. The Morgan fingerprint density at radius 1 is 1.07 bits per heavy atom. The van der Waals surface area contributed by atoms with Crippen LogP contribution in [0.4, 0.5) is 5.95 Å². The number of anilines is 1. The molecule has 0 radical (unpaired) electrons. The molecular formula is C22H25N3O2. The first-order chi connectivity index (χ1) is 12.8. The molecule has 4 rings (SSSR count). The number of para-hydroxylation sites is 2. The summed E-state index contributed by atoms with van der Waals surface area (Å²) in [5.74, 6) is 1.35. The predicted molar refractivity (Wildman–Crippen MR) is 107 cm³/mol. The van der Waals surface area contributed by atoms with Crippen molar-refractivity contribution in [2.75, 3.05) is 11.4 Å². The molecule has 1 aromatic heterocycles. The Labute approximate surface area is 159 Å². The summed E-state index contributed by atoms with van der Waals surface area (Å²) in [6.07, 6.45) is -0.572. The van der Waals surface area contributed by atoms with E-state index in [9.17, 15) is 4.79 Å². The highest BCUT2D eigenvalue weighted by Crippen LogP contribution is 2.28. The predicted octanol–water partition coefficient (Wildman–Crippen LogP) is 4.15. The van der Waals surface area contributed by atoms with Gasteiger partial charge in [-0.3, -0.25) is 9.69 Å². The Bertz CT molecular complexity index is 983. The van der Waals surface area contributed by atoms with Crippen molar-refractivity contribution in [3.05, 3.63) is 54.1 Å². The van der Waals surface area contributed by atoms with E-state index in [4.69, 9.17) is 4.74 Å². The van der Waals surface area contributed by atoms with Gasteiger partial charge in [-0.15, -0.1) is 0 Å². The summed E-state index contributed by atoms with van der Waals surface area (Å²) < 4.78 is 8.01. The van der Waals surface area contributed by atoms with Gasteiger partial charge in [0.25, 0.3) is 5.91 Å². The first-order valence-electron chi connectivity index (χ1n) is 9.38. The molecule has 5 heteroatoms. The zero-order valence-electron chi connectivity index (χ0n) is 16.3. The lowest BCUT2D eigenvalue weighted by Crippen LogP contribution is -2.39. The number of carbonyl (C=O) groups excluding carboxylic acids is 1.